The number of oxazole rings is 1. The summed E-state index contributed by atoms with van der Waals surface area (Å²) in [6, 6.07) is 5.71. The van der Waals surface area contributed by atoms with E-state index < -0.39 is 5.41 Å². The van der Waals surface area contributed by atoms with E-state index in [1.807, 2.05) is 14.1 Å². The number of carbonyl (C=O) groups is 2. The van der Waals surface area contributed by atoms with Crippen LogP contribution in [0.3, 0.4) is 0 Å². The second kappa shape index (κ2) is 6.28. The highest BCUT2D eigenvalue weighted by molar-refractivity contribution is 5.96. The number of nitrogens with one attached hydrogen (secondary N) is 2. The van der Waals surface area contributed by atoms with Gasteiger partial charge in [0, 0.05) is 25.2 Å². The molecule has 2 aromatic rings. The van der Waals surface area contributed by atoms with Crippen molar-refractivity contribution in [1.29, 1.82) is 0 Å². The van der Waals surface area contributed by atoms with Crippen LogP contribution >= 0.6 is 0 Å². The van der Waals surface area contributed by atoms with Crippen LogP contribution in [0.4, 0.5) is 11.7 Å². The van der Waals surface area contributed by atoms with Crippen LogP contribution in [0.1, 0.15) is 20.8 Å². The molecule has 0 aliphatic heterocycles. The molecule has 1 heterocycles. The minimum atomic E-state index is -0.525. The van der Waals surface area contributed by atoms with Crippen molar-refractivity contribution in [3.05, 3.63) is 18.2 Å². The smallest absolute Gasteiger partial charge is 0.297 e. The first kappa shape index (κ1) is 16.8. The average Bonchev–Trinajstić information content (AvgIpc) is 2.87. The third-order valence-corrected chi connectivity index (χ3v) is 3.13. The van der Waals surface area contributed by atoms with Gasteiger partial charge in [0.15, 0.2) is 5.58 Å². The SMILES string of the molecule is CN(C)c1nc2cc(NC(=O)CNC(=O)C(C)(C)C)ccc2o1. The van der Waals surface area contributed by atoms with Crippen molar-refractivity contribution >= 4 is 34.6 Å². The van der Waals surface area contributed by atoms with Crippen LogP contribution in [0.2, 0.25) is 0 Å². The lowest BCUT2D eigenvalue weighted by atomic mass is 9.96. The summed E-state index contributed by atoms with van der Waals surface area (Å²) in [4.78, 5) is 29.7. The predicted octanol–water partition coefficient (Wildman–Crippen LogP) is 1.99. The fourth-order valence-corrected chi connectivity index (χ4v) is 1.82. The monoisotopic (exact) mass is 318 g/mol. The molecule has 0 aliphatic rings. The second-order valence-corrected chi connectivity index (χ2v) is 6.55. The van der Waals surface area contributed by atoms with Gasteiger partial charge in [0.1, 0.15) is 5.52 Å². The Bertz CT molecular complexity index is 728. The molecule has 0 saturated heterocycles. The largest absolute Gasteiger partial charge is 0.423 e. The van der Waals surface area contributed by atoms with Crippen molar-refractivity contribution < 1.29 is 14.0 Å². The van der Waals surface area contributed by atoms with Crippen LogP contribution in [0.25, 0.3) is 11.1 Å². The molecule has 1 aromatic heterocycles. The van der Waals surface area contributed by atoms with E-state index >= 15 is 0 Å². The number of rotatable bonds is 4. The van der Waals surface area contributed by atoms with Crippen LogP contribution in [0.5, 0.6) is 0 Å². The minimum absolute atomic E-state index is 0.0735. The third-order valence-electron chi connectivity index (χ3n) is 3.13. The van der Waals surface area contributed by atoms with E-state index in [0.29, 0.717) is 22.8 Å². The molecule has 7 nitrogen and oxygen atoms in total. The first-order valence-corrected chi connectivity index (χ1v) is 7.33. The molecule has 0 atom stereocenters. The van der Waals surface area contributed by atoms with Gasteiger partial charge in [0.25, 0.3) is 6.01 Å². The lowest BCUT2D eigenvalue weighted by Gasteiger charge is -2.17. The van der Waals surface area contributed by atoms with Gasteiger partial charge in [-0.15, -0.1) is 0 Å². The third kappa shape index (κ3) is 4.21. The molecule has 0 spiro atoms. The fraction of sp³-hybridized carbons (Fsp3) is 0.438. The van der Waals surface area contributed by atoms with Crippen molar-refractivity contribution in [1.82, 2.24) is 10.3 Å². The van der Waals surface area contributed by atoms with Gasteiger partial charge in [-0.25, -0.2) is 0 Å². The van der Waals surface area contributed by atoms with Gasteiger partial charge in [-0.2, -0.15) is 4.98 Å². The van der Waals surface area contributed by atoms with Gasteiger partial charge in [-0.3, -0.25) is 9.59 Å². The number of anilines is 2. The maximum absolute atomic E-state index is 11.9. The zero-order valence-corrected chi connectivity index (χ0v) is 14.1. The summed E-state index contributed by atoms with van der Waals surface area (Å²) in [6.07, 6.45) is 0. The minimum Gasteiger partial charge on any atom is -0.423 e. The Balaban J connectivity index is 2.01. The van der Waals surface area contributed by atoms with Gasteiger partial charge in [-0.1, -0.05) is 20.8 Å². The lowest BCUT2D eigenvalue weighted by molar-refractivity contribution is -0.130. The van der Waals surface area contributed by atoms with E-state index in [9.17, 15) is 9.59 Å². The summed E-state index contributed by atoms with van der Waals surface area (Å²) in [6.45, 7) is 5.30. The predicted molar refractivity (Wildman–Crippen MR) is 89.4 cm³/mol. The average molecular weight is 318 g/mol. The van der Waals surface area contributed by atoms with Gasteiger partial charge < -0.3 is 20.0 Å². The van der Waals surface area contributed by atoms with E-state index in [4.69, 9.17) is 4.42 Å². The van der Waals surface area contributed by atoms with Crippen molar-refractivity contribution in [3.8, 4) is 0 Å². The summed E-state index contributed by atoms with van der Waals surface area (Å²) in [5, 5.41) is 5.34. The van der Waals surface area contributed by atoms with E-state index in [1.165, 1.54) is 0 Å². The van der Waals surface area contributed by atoms with E-state index in [1.54, 1.807) is 43.9 Å². The van der Waals surface area contributed by atoms with Gasteiger partial charge in [0.05, 0.1) is 6.54 Å². The zero-order valence-electron chi connectivity index (χ0n) is 14.1. The number of aromatic nitrogens is 1. The summed E-state index contributed by atoms with van der Waals surface area (Å²) in [5.41, 5.74) is 1.38. The zero-order chi connectivity index (χ0) is 17.2. The van der Waals surface area contributed by atoms with E-state index in [0.717, 1.165) is 0 Å². The molecule has 1 aromatic carbocycles. The Labute approximate surface area is 135 Å². The van der Waals surface area contributed by atoms with Crippen molar-refractivity contribution in [2.45, 2.75) is 20.8 Å². The summed E-state index contributed by atoms with van der Waals surface area (Å²) >= 11 is 0. The number of nitrogens with zero attached hydrogens (tertiary/aromatic N) is 2. The maximum atomic E-state index is 11.9. The molecule has 0 radical (unpaired) electrons. The van der Waals surface area contributed by atoms with Crippen LogP contribution < -0.4 is 15.5 Å². The Morgan fingerprint density at radius 1 is 1.26 bits per heavy atom. The lowest BCUT2D eigenvalue weighted by Crippen LogP contribution is -2.39. The Kier molecular flexibility index (Phi) is 4.58. The summed E-state index contributed by atoms with van der Waals surface area (Å²) in [5.74, 6) is -0.464. The van der Waals surface area contributed by atoms with Gasteiger partial charge in [0.2, 0.25) is 11.8 Å². The van der Waals surface area contributed by atoms with Crippen LogP contribution in [-0.4, -0.2) is 37.4 Å². The second-order valence-electron chi connectivity index (χ2n) is 6.55. The van der Waals surface area contributed by atoms with Crippen LogP contribution in [0, 0.1) is 5.41 Å². The first-order chi connectivity index (χ1) is 10.7. The number of amides is 2. The molecule has 2 N–H and O–H groups in total. The molecule has 124 valence electrons. The molecule has 2 amide bonds. The highest BCUT2D eigenvalue weighted by Crippen LogP contribution is 2.23. The molecule has 0 unspecified atom stereocenters. The van der Waals surface area contributed by atoms with E-state index in [-0.39, 0.29) is 18.4 Å². The Morgan fingerprint density at radius 2 is 1.96 bits per heavy atom. The van der Waals surface area contributed by atoms with Crippen molar-refractivity contribution in [2.75, 3.05) is 30.9 Å². The molecule has 0 bridgehead atoms. The fourth-order valence-electron chi connectivity index (χ4n) is 1.82. The molecular weight excluding hydrogens is 296 g/mol. The molecule has 0 saturated carbocycles. The normalized spacial score (nSPS) is 11.3. The van der Waals surface area contributed by atoms with Crippen molar-refractivity contribution in [2.24, 2.45) is 5.41 Å². The molecule has 2 rings (SSSR count). The standard InChI is InChI=1S/C16H22N4O3/c1-16(2,3)14(22)17-9-13(21)18-10-6-7-12-11(8-10)19-15(23-12)20(4)5/h6-8H,9H2,1-5H3,(H,17,22)(H,18,21). The highest BCUT2D eigenvalue weighted by atomic mass is 16.4. The Morgan fingerprint density at radius 3 is 2.57 bits per heavy atom. The van der Waals surface area contributed by atoms with Gasteiger partial charge in [-0.05, 0) is 18.2 Å². The van der Waals surface area contributed by atoms with Crippen LogP contribution in [0.15, 0.2) is 22.6 Å². The number of hydrogen-bond donors (Lipinski definition) is 2. The number of benzene rings is 1. The quantitative estimate of drug-likeness (QED) is 0.900. The number of hydrogen-bond acceptors (Lipinski definition) is 5. The molecule has 23 heavy (non-hydrogen) atoms. The molecular formula is C16H22N4O3. The molecule has 7 heteroatoms. The first-order valence-electron chi connectivity index (χ1n) is 7.33. The summed E-state index contributed by atoms with van der Waals surface area (Å²) < 4.78 is 5.55. The topological polar surface area (TPSA) is 87.5 Å². The maximum Gasteiger partial charge on any atom is 0.297 e. The highest BCUT2D eigenvalue weighted by Gasteiger charge is 2.21. The van der Waals surface area contributed by atoms with E-state index in [2.05, 4.69) is 15.6 Å². The molecule has 0 fully saturated rings. The summed E-state index contributed by atoms with van der Waals surface area (Å²) in [7, 11) is 3.68. The Hall–Kier alpha value is -2.57. The number of carbonyl (C=O) groups excluding carboxylic acids is 2. The van der Waals surface area contributed by atoms with Crippen LogP contribution in [-0.2, 0) is 9.59 Å². The number of fused-ring (bicyclic) bond motifs is 1. The van der Waals surface area contributed by atoms with Crippen molar-refractivity contribution in [3.63, 3.8) is 0 Å². The van der Waals surface area contributed by atoms with Gasteiger partial charge >= 0.3 is 0 Å². The molecule has 0 aliphatic carbocycles.